The van der Waals surface area contributed by atoms with Gasteiger partial charge in [0.05, 0.1) is 11.2 Å². The fraction of sp³-hybridized carbons (Fsp3) is 0.0625. The van der Waals surface area contributed by atoms with Crippen molar-refractivity contribution < 1.29 is 4.79 Å². The van der Waals surface area contributed by atoms with E-state index in [1.807, 2.05) is 54.6 Å². The van der Waals surface area contributed by atoms with E-state index >= 15 is 0 Å². The van der Waals surface area contributed by atoms with Crippen LogP contribution >= 0.6 is 0 Å². The molecular formula is C16H13N3O. The average Bonchev–Trinajstić information content (AvgIpc) is 2.48. The standard InChI is InChI=1S/C16H13N3O/c1-11(20)17-16-13-9-5-6-10-14(13)18-19-15(16)12-7-3-2-4-8-12/h2-10H,1H3,(H,17,18,20). The Morgan fingerprint density at radius 1 is 0.950 bits per heavy atom. The molecule has 0 radical (unpaired) electrons. The molecule has 0 spiro atoms. The molecule has 0 saturated carbocycles. The highest BCUT2D eigenvalue weighted by Crippen LogP contribution is 2.31. The average molecular weight is 263 g/mol. The van der Waals surface area contributed by atoms with Crippen molar-refractivity contribution in [2.75, 3.05) is 5.32 Å². The van der Waals surface area contributed by atoms with Gasteiger partial charge >= 0.3 is 0 Å². The van der Waals surface area contributed by atoms with E-state index in [2.05, 4.69) is 15.5 Å². The molecule has 0 aliphatic carbocycles. The number of fused-ring (bicyclic) bond motifs is 1. The molecule has 0 unspecified atom stereocenters. The van der Waals surface area contributed by atoms with Crippen LogP contribution in [-0.2, 0) is 4.79 Å². The second-order valence-corrected chi connectivity index (χ2v) is 4.49. The molecule has 1 aromatic heterocycles. The fourth-order valence-electron chi connectivity index (χ4n) is 2.15. The summed E-state index contributed by atoms with van der Waals surface area (Å²) in [6.45, 7) is 1.49. The van der Waals surface area contributed by atoms with E-state index in [-0.39, 0.29) is 5.91 Å². The first kappa shape index (κ1) is 12.3. The highest BCUT2D eigenvalue weighted by molar-refractivity contribution is 6.04. The quantitative estimate of drug-likeness (QED) is 0.772. The molecule has 2 aromatic carbocycles. The van der Waals surface area contributed by atoms with Gasteiger partial charge in [-0.2, -0.15) is 0 Å². The second kappa shape index (κ2) is 5.09. The van der Waals surface area contributed by atoms with Crippen LogP contribution in [0.25, 0.3) is 22.2 Å². The lowest BCUT2D eigenvalue weighted by molar-refractivity contribution is -0.114. The van der Waals surface area contributed by atoms with Crippen molar-refractivity contribution in [2.45, 2.75) is 6.92 Å². The van der Waals surface area contributed by atoms with E-state index in [1.165, 1.54) is 6.92 Å². The summed E-state index contributed by atoms with van der Waals surface area (Å²) in [5.41, 5.74) is 3.07. The molecular weight excluding hydrogens is 250 g/mol. The largest absolute Gasteiger partial charge is 0.324 e. The van der Waals surface area contributed by atoms with Crippen LogP contribution in [0, 0.1) is 0 Å². The third-order valence-electron chi connectivity index (χ3n) is 3.02. The van der Waals surface area contributed by atoms with Crippen molar-refractivity contribution in [3.63, 3.8) is 0 Å². The molecule has 0 saturated heterocycles. The number of amides is 1. The van der Waals surface area contributed by atoms with Gasteiger partial charge in [0, 0.05) is 17.9 Å². The first-order chi connectivity index (χ1) is 9.75. The number of benzene rings is 2. The van der Waals surface area contributed by atoms with Crippen LogP contribution in [0.2, 0.25) is 0 Å². The Balaban J connectivity index is 2.28. The molecule has 0 bridgehead atoms. The summed E-state index contributed by atoms with van der Waals surface area (Å²) in [4.78, 5) is 11.5. The van der Waals surface area contributed by atoms with Crippen LogP contribution in [0.1, 0.15) is 6.92 Å². The van der Waals surface area contributed by atoms with E-state index in [9.17, 15) is 4.79 Å². The highest BCUT2D eigenvalue weighted by Gasteiger charge is 2.13. The van der Waals surface area contributed by atoms with Gasteiger partial charge in [-0.15, -0.1) is 10.2 Å². The summed E-state index contributed by atoms with van der Waals surface area (Å²) >= 11 is 0. The Morgan fingerprint density at radius 3 is 2.40 bits per heavy atom. The minimum Gasteiger partial charge on any atom is -0.324 e. The zero-order chi connectivity index (χ0) is 13.9. The van der Waals surface area contributed by atoms with Gasteiger partial charge in [-0.05, 0) is 6.07 Å². The number of hydrogen-bond donors (Lipinski definition) is 1. The van der Waals surface area contributed by atoms with Crippen molar-refractivity contribution in [3.8, 4) is 11.3 Å². The van der Waals surface area contributed by atoms with Crippen molar-refractivity contribution in [1.82, 2.24) is 10.2 Å². The maximum Gasteiger partial charge on any atom is 0.221 e. The minimum atomic E-state index is -0.125. The fourth-order valence-corrected chi connectivity index (χ4v) is 2.15. The Hall–Kier alpha value is -2.75. The Morgan fingerprint density at radius 2 is 1.65 bits per heavy atom. The van der Waals surface area contributed by atoms with E-state index in [0.717, 1.165) is 16.5 Å². The highest BCUT2D eigenvalue weighted by atomic mass is 16.1. The summed E-state index contributed by atoms with van der Waals surface area (Å²) in [7, 11) is 0. The summed E-state index contributed by atoms with van der Waals surface area (Å²) in [5, 5.41) is 12.2. The van der Waals surface area contributed by atoms with Gasteiger partial charge in [-0.1, -0.05) is 48.5 Å². The van der Waals surface area contributed by atoms with Gasteiger partial charge in [0.1, 0.15) is 5.69 Å². The lowest BCUT2D eigenvalue weighted by Crippen LogP contribution is -2.09. The van der Waals surface area contributed by atoms with Gasteiger partial charge < -0.3 is 5.32 Å². The second-order valence-electron chi connectivity index (χ2n) is 4.49. The van der Waals surface area contributed by atoms with Crippen molar-refractivity contribution in [1.29, 1.82) is 0 Å². The van der Waals surface area contributed by atoms with E-state index < -0.39 is 0 Å². The summed E-state index contributed by atoms with van der Waals surface area (Å²) < 4.78 is 0. The molecule has 4 heteroatoms. The summed E-state index contributed by atoms with van der Waals surface area (Å²) in [6, 6.07) is 17.3. The Labute approximate surface area is 116 Å². The van der Waals surface area contributed by atoms with Crippen LogP contribution in [-0.4, -0.2) is 16.1 Å². The number of anilines is 1. The van der Waals surface area contributed by atoms with E-state index in [4.69, 9.17) is 0 Å². The van der Waals surface area contributed by atoms with E-state index in [1.54, 1.807) is 0 Å². The molecule has 98 valence electrons. The minimum absolute atomic E-state index is 0.125. The molecule has 0 fully saturated rings. The van der Waals surface area contributed by atoms with Crippen LogP contribution in [0.3, 0.4) is 0 Å². The smallest absolute Gasteiger partial charge is 0.221 e. The topological polar surface area (TPSA) is 54.9 Å². The number of aromatic nitrogens is 2. The zero-order valence-corrected chi connectivity index (χ0v) is 11.0. The van der Waals surface area contributed by atoms with Crippen LogP contribution in [0.5, 0.6) is 0 Å². The van der Waals surface area contributed by atoms with E-state index in [0.29, 0.717) is 11.4 Å². The van der Waals surface area contributed by atoms with Crippen molar-refractivity contribution in [2.24, 2.45) is 0 Å². The molecule has 0 aliphatic heterocycles. The molecule has 4 nitrogen and oxygen atoms in total. The van der Waals surface area contributed by atoms with Crippen LogP contribution in [0.15, 0.2) is 54.6 Å². The summed E-state index contributed by atoms with van der Waals surface area (Å²) in [6.07, 6.45) is 0. The van der Waals surface area contributed by atoms with Gasteiger partial charge in [-0.3, -0.25) is 4.79 Å². The summed E-state index contributed by atoms with van der Waals surface area (Å²) in [5.74, 6) is -0.125. The molecule has 0 aliphatic rings. The number of nitrogens with zero attached hydrogens (tertiary/aromatic N) is 2. The predicted molar refractivity (Wildman–Crippen MR) is 79.3 cm³/mol. The molecule has 0 atom stereocenters. The number of rotatable bonds is 2. The lowest BCUT2D eigenvalue weighted by Gasteiger charge is -2.11. The first-order valence-corrected chi connectivity index (χ1v) is 6.34. The molecule has 1 heterocycles. The molecule has 1 amide bonds. The van der Waals surface area contributed by atoms with Gasteiger partial charge in [0.25, 0.3) is 0 Å². The van der Waals surface area contributed by atoms with Crippen molar-refractivity contribution in [3.05, 3.63) is 54.6 Å². The molecule has 3 aromatic rings. The van der Waals surface area contributed by atoms with Crippen LogP contribution < -0.4 is 5.32 Å². The SMILES string of the molecule is CC(=O)Nc1c(-c2ccccc2)nnc2ccccc12. The third kappa shape index (κ3) is 2.23. The monoisotopic (exact) mass is 263 g/mol. The Kier molecular flexibility index (Phi) is 3.13. The first-order valence-electron chi connectivity index (χ1n) is 6.34. The predicted octanol–water partition coefficient (Wildman–Crippen LogP) is 3.26. The van der Waals surface area contributed by atoms with Crippen molar-refractivity contribution >= 4 is 22.5 Å². The number of nitrogens with one attached hydrogen (secondary N) is 1. The maximum atomic E-state index is 11.5. The number of hydrogen-bond acceptors (Lipinski definition) is 3. The maximum absolute atomic E-state index is 11.5. The zero-order valence-electron chi connectivity index (χ0n) is 11.0. The normalized spacial score (nSPS) is 10.4. The molecule has 1 N–H and O–H groups in total. The third-order valence-corrected chi connectivity index (χ3v) is 3.02. The molecule has 3 rings (SSSR count). The van der Waals surface area contributed by atoms with Crippen LogP contribution in [0.4, 0.5) is 5.69 Å². The Bertz CT molecular complexity index is 769. The van der Waals surface area contributed by atoms with Gasteiger partial charge in [0.15, 0.2) is 0 Å². The number of carbonyl (C=O) groups excluding carboxylic acids is 1. The van der Waals surface area contributed by atoms with Gasteiger partial charge in [0.2, 0.25) is 5.91 Å². The van der Waals surface area contributed by atoms with Gasteiger partial charge in [-0.25, -0.2) is 0 Å². The number of carbonyl (C=O) groups is 1. The molecule has 20 heavy (non-hydrogen) atoms. The lowest BCUT2D eigenvalue weighted by atomic mass is 10.1.